The number of aliphatic carboxylic acids is 1. The second kappa shape index (κ2) is 4.73. The van der Waals surface area contributed by atoms with E-state index in [-0.39, 0.29) is 0 Å². The van der Waals surface area contributed by atoms with E-state index < -0.39 is 11.4 Å². The Balaban J connectivity index is 2.34. The van der Waals surface area contributed by atoms with Crippen LogP contribution in [0.3, 0.4) is 0 Å². The quantitative estimate of drug-likeness (QED) is 0.873. The Morgan fingerprint density at radius 1 is 1.35 bits per heavy atom. The lowest BCUT2D eigenvalue weighted by Crippen LogP contribution is -2.38. The number of ether oxygens (including phenoxy) is 1. The van der Waals surface area contributed by atoms with Gasteiger partial charge in [-0.3, -0.25) is 9.78 Å². The van der Waals surface area contributed by atoms with E-state index in [1.54, 1.807) is 25.4 Å². The minimum atomic E-state index is -0.787. The van der Waals surface area contributed by atoms with E-state index >= 15 is 0 Å². The van der Waals surface area contributed by atoms with Gasteiger partial charge in [0.05, 0.1) is 19.0 Å². The molecule has 1 aliphatic carbocycles. The molecule has 0 aromatic carbocycles. The minimum absolute atomic E-state index is 0.657. The number of rotatable bonds is 3. The number of nitrogens with zero attached hydrogens (tertiary/aromatic N) is 1. The molecule has 4 nitrogen and oxygen atoms in total. The van der Waals surface area contributed by atoms with Gasteiger partial charge in [-0.25, -0.2) is 0 Å². The maximum atomic E-state index is 11.6. The van der Waals surface area contributed by atoms with Crippen molar-refractivity contribution in [2.24, 2.45) is 0 Å². The molecule has 1 aliphatic rings. The van der Waals surface area contributed by atoms with Crippen LogP contribution in [0.15, 0.2) is 18.3 Å². The van der Waals surface area contributed by atoms with E-state index in [2.05, 4.69) is 4.98 Å². The van der Waals surface area contributed by atoms with Crippen molar-refractivity contribution in [3.05, 3.63) is 24.0 Å². The summed E-state index contributed by atoms with van der Waals surface area (Å²) in [4.78, 5) is 15.8. The van der Waals surface area contributed by atoms with Crippen molar-refractivity contribution in [2.75, 3.05) is 7.11 Å². The number of carboxylic acid groups (broad SMARTS) is 1. The van der Waals surface area contributed by atoms with Gasteiger partial charge >= 0.3 is 5.97 Å². The molecule has 1 heterocycles. The van der Waals surface area contributed by atoms with Crippen molar-refractivity contribution < 1.29 is 14.6 Å². The topological polar surface area (TPSA) is 59.4 Å². The molecule has 0 amide bonds. The molecule has 92 valence electrons. The molecular formula is C13H17NO3. The lowest BCUT2D eigenvalue weighted by molar-refractivity contribution is -0.145. The van der Waals surface area contributed by atoms with Gasteiger partial charge in [-0.15, -0.1) is 0 Å². The largest absolute Gasteiger partial charge is 0.495 e. The molecule has 1 N–H and O–H groups in total. The molecule has 4 heteroatoms. The van der Waals surface area contributed by atoms with Crippen LogP contribution in [0.5, 0.6) is 5.75 Å². The summed E-state index contributed by atoms with van der Waals surface area (Å²) >= 11 is 0. The molecule has 0 atom stereocenters. The van der Waals surface area contributed by atoms with E-state index in [0.29, 0.717) is 24.3 Å². The summed E-state index contributed by atoms with van der Waals surface area (Å²) in [5, 5.41) is 9.50. The molecular weight excluding hydrogens is 218 g/mol. The summed E-state index contributed by atoms with van der Waals surface area (Å²) in [5.74, 6) is -0.0973. The first kappa shape index (κ1) is 11.9. The van der Waals surface area contributed by atoms with Crippen LogP contribution in [0.25, 0.3) is 0 Å². The summed E-state index contributed by atoms with van der Waals surface area (Å²) in [5.41, 5.74) is -0.129. The fraction of sp³-hybridized carbons (Fsp3) is 0.538. The molecule has 1 fully saturated rings. The van der Waals surface area contributed by atoms with Gasteiger partial charge in [-0.1, -0.05) is 19.3 Å². The number of carboxylic acids is 1. The Hall–Kier alpha value is -1.58. The summed E-state index contributed by atoms with van der Waals surface area (Å²) in [7, 11) is 1.57. The van der Waals surface area contributed by atoms with E-state index in [1.165, 1.54) is 0 Å². The van der Waals surface area contributed by atoms with E-state index in [9.17, 15) is 9.90 Å². The molecule has 17 heavy (non-hydrogen) atoms. The van der Waals surface area contributed by atoms with Crippen molar-refractivity contribution in [3.8, 4) is 5.75 Å². The molecule has 1 aromatic heterocycles. The average Bonchev–Trinajstić information content (AvgIpc) is 2.39. The fourth-order valence-electron chi connectivity index (χ4n) is 2.52. The fourth-order valence-corrected chi connectivity index (χ4v) is 2.52. The highest BCUT2D eigenvalue weighted by Gasteiger charge is 2.42. The highest BCUT2D eigenvalue weighted by atomic mass is 16.5. The Morgan fingerprint density at radius 2 is 2.06 bits per heavy atom. The van der Waals surface area contributed by atoms with Crippen LogP contribution in [-0.2, 0) is 10.2 Å². The normalized spacial score (nSPS) is 18.6. The number of methoxy groups -OCH3 is 1. The molecule has 0 unspecified atom stereocenters. The highest BCUT2D eigenvalue weighted by Crippen LogP contribution is 2.39. The lowest BCUT2D eigenvalue weighted by atomic mass is 9.71. The van der Waals surface area contributed by atoms with Gasteiger partial charge in [-0.2, -0.15) is 0 Å². The predicted molar refractivity (Wildman–Crippen MR) is 63.2 cm³/mol. The molecule has 0 bridgehead atoms. The van der Waals surface area contributed by atoms with Gasteiger partial charge in [0.1, 0.15) is 11.2 Å². The summed E-state index contributed by atoms with van der Waals surface area (Å²) < 4.78 is 5.04. The van der Waals surface area contributed by atoms with Crippen molar-refractivity contribution in [1.82, 2.24) is 4.98 Å². The first-order valence-corrected chi connectivity index (χ1v) is 5.93. The third-order valence-electron chi connectivity index (χ3n) is 3.58. The number of pyridine rings is 1. The molecule has 1 saturated carbocycles. The first-order valence-electron chi connectivity index (χ1n) is 5.93. The van der Waals surface area contributed by atoms with Gasteiger partial charge < -0.3 is 9.84 Å². The number of hydrogen-bond donors (Lipinski definition) is 1. The first-order chi connectivity index (χ1) is 8.19. The Bertz CT molecular complexity index is 394. The van der Waals surface area contributed by atoms with Crippen molar-refractivity contribution in [2.45, 2.75) is 37.5 Å². The number of carbonyl (C=O) groups is 1. The zero-order valence-electron chi connectivity index (χ0n) is 9.98. The Labute approximate surface area is 101 Å². The molecule has 0 saturated heterocycles. The van der Waals surface area contributed by atoms with Crippen LogP contribution in [0.4, 0.5) is 0 Å². The van der Waals surface area contributed by atoms with Crippen LogP contribution in [0, 0.1) is 0 Å². The van der Waals surface area contributed by atoms with Crippen molar-refractivity contribution in [1.29, 1.82) is 0 Å². The maximum Gasteiger partial charge on any atom is 0.315 e. The van der Waals surface area contributed by atoms with E-state index in [4.69, 9.17) is 4.74 Å². The van der Waals surface area contributed by atoms with Gasteiger partial charge in [-0.05, 0) is 25.0 Å². The van der Waals surface area contributed by atoms with Crippen molar-refractivity contribution in [3.63, 3.8) is 0 Å². The van der Waals surface area contributed by atoms with Crippen LogP contribution in [0.1, 0.15) is 37.8 Å². The molecule has 2 rings (SSSR count). The van der Waals surface area contributed by atoms with Crippen LogP contribution >= 0.6 is 0 Å². The van der Waals surface area contributed by atoms with Gasteiger partial charge in [0.25, 0.3) is 0 Å². The highest BCUT2D eigenvalue weighted by molar-refractivity contribution is 5.80. The van der Waals surface area contributed by atoms with Gasteiger partial charge in [0.2, 0.25) is 0 Å². The van der Waals surface area contributed by atoms with Gasteiger partial charge in [0.15, 0.2) is 0 Å². The molecule has 0 aliphatic heterocycles. The van der Waals surface area contributed by atoms with Crippen LogP contribution in [-0.4, -0.2) is 23.2 Å². The third-order valence-corrected chi connectivity index (χ3v) is 3.58. The monoisotopic (exact) mass is 235 g/mol. The second-order valence-corrected chi connectivity index (χ2v) is 4.53. The average molecular weight is 235 g/mol. The predicted octanol–water partition coefficient (Wildman–Crippen LogP) is 2.38. The summed E-state index contributed by atoms with van der Waals surface area (Å²) in [6.45, 7) is 0. The Morgan fingerprint density at radius 3 is 2.53 bits per heavy atom. The summed E-state index contributed by atoms with van der Waals surface area (Å²) in [6.07, 6.45) is 5.99. The van der Waals surface area contributed by atoms with Crippen LogP contribution < -0.4 is 4.74 Å². The zero-order valence-corrected chi connectivity index (χ0v) is 9.98. The van der Waals surface area contributed by atoms with Gasteiger partial charge in [0, 0.05) is 0 Å². The Kier molecular flexibility index (Phi) is 3.31. The molecule has 0 radical (unpaired) electrons. The number of aromatic nitrogens is 1. The van der Waals surface area contributed by atoms with E-state index in [0.717, 1.165) is 19.3 Å². The van der Waals surface area contributed by atoms with Crippen molar-refractivity contribution >= 4 is 5.97 Å². The standard InChI is InChI=1S/C13H17NO3/c1-17-10-5-6-11(14-9-10)13(12(15)16)7-3-2-4-8-13/h5-6,9H,2-4,7-8H2,1H3,(H,15,16). The van der Waals surface area contributed by atoms with Crippen LogP contribution in [0.2, 0.25) is 0 Å². The minimum Gasteiger partial charge on any atom is -0.495 e. The lowest BCUT2D eigenvalue weighted by Gasteiger charge is -2.32. The smallest absolute Gasteiger partial charge is 0.315 e. The zero-order chi connectivity index (χ0) is 12.3. The van der Waals surface area contributed by atoms with E-state index in [1.807, 2.05) is 0 Å². The third kappa shape index (κ3) is 2.12. The molecule has 0 spiro atoms. The summed E-state index contributed by atoms with van der Waals surface area (Å²) in [6, 6.07) is 3.56. The second-order valence-electron chi connectivity index (χ2n) is 4.53. The number of hydrogen-bond acceptors (Lipinski definition) is 3. The molecule has 1 aromatic rings. The SMILES string of the molecule is COc1ccc(C2(C(=O)O)CCCCC2)nc1. The maximum absolute atomic E-state index is 11.6.